The maximum atomic E-state index is 14.8. The fraction of sp³-hybridized carbons (Fsp3) is 0.389. The Labute approximate surface area is 178 Å². The Bertz CT molecular complexity index is 1070. The van der Waals surface area contributed by atoms with Crippen molar-refractivity contribution in [2.24, 2.45) is 0 Å². The molecule has 1 fully saturated rings. The number of carbonyl (C=O) groups is 1. The van der Waals surface area contributed by atoms with E-state index in [1.807, 2.05) is 0 Å². The molecule has 3 heterocycles. The van der Waals surface area contributed by atoms with Gasteiger partial charge in [0.25, 0.3) is 5.89 Å². The summed E-state index contributed by atoms with van der Waals surface area (Å²) < 4.78 is 50.3. The van der Waals surface area contributed by atoms with Crippen molar-refractivity contribution in [1.82, 2.24) is 25.3 Å². The molecule has 4 rings (SSSR count). The van der Waals surface area contributed by atoms with Crippen LogP contribution in [0.5, 0.6) is 0 Å². The molecular weight excluding hydrogens is 437 g/mol. The van der Waals surface area contributed by atoms with E-state index in [-0.39, 0.29) is 29.6 Å². The van der Waals surface area contributed by atoms with Crippen LogP contribution in [0.15, 0.2) is 22.6 Å². The van der Waals surface area contributed by atoms with Gasteiger partial charge in [-0.3, -0.25) is 4.90 Å². The van der Waals surface area contributed by atoms with E-state index in [9.17, 15) is 18.0 Å². The molecule has 1 aliphatic rings. The highest BCUT2D eigenvalue weighted by molar-refractivity contribution is 7.15. The number of morpholine rings is 1. The Hall–Kier alpha value is -3.06. The number of anilines is 1. The van der Waals surface area contributed by atoms with Crippen molar-refractivity contribution in [1.29, 1.82) is 0 Å². The maximum Gasteiger partial charge on any atom is 0.326 e. The molecule has 0 bridgehead atoms. The number of nitrogens with zero attached hydrogens (tertiary/aromatic N) is 6. The minimum atomic E-state index is -2.92. The zero-order valence-corrected chi connectivity index (χ0v) is 17.1. The Balaban J connectivity index is 1.59. The predicted octanol–water partition coefficient (Wildman–Crippen LogP) is 3.43. The third-order valence-electron chi connectivity index (χ3n) is 4.51. The van der Waals surface area contributed by atoms with Gasteiger partial charge in [0, 0.05) is 24.2 Å². The van der Waals surface area contributed by atoms with Gasteiger partial charge in [-0.1, -0.05) is 17.4 Å². The second-order valence-corrected chi connectivity index (χ2v) is 7.78. The van der Waals surface area contributed by atoms with E-state index >= 15 is 0 Å². The lowest BCUT2D eigenvalue weighted by Crippen LogP contribution is -2.48. The molecule has 2 amide bonds. The largest absolute Gasteiger partial charge is 0.415 e. The van der Waals surface area contributed by atoms with Gasteiger partial charge in [0.15, 0.2) is 0 Å². The molecule has 0 saturated carbocycles. The molecule has 0 N–H and O–H groups in total. The van der Waals surface area contributed by atoms with Crippen LogP contribution in [-0.4, -0.2) is 57.6 Å². The van der Waals surface area contributed by atoms with E-state index in [4.69, 9.17) is 9.15 Å². The van der Waals surface area contributed by atoms with Gasteiger partial charge in [0.05, 0.1) is 19.8 Å². The number of urea groups is 1. The van der Waals surface area contributed by atoms with Crippen LogP contribution >= 0.6 is 11.3 Å². The van der Waals surface area contributed by atoms with Crippen molar-refractivity contribution in [3.63, 3.8) is 0 Å². The quantitative estimate of drug-likeness (QED) is 0.583. The molecule has 1 aromatic carbocycles. The molecule has 0 atom stereocenters. The molecule has 1 aliphatic heterocycles. The number of aromatic nitrogens is 4. The fourth-order valence-corrected chi connectivity index (χ4v) is 3.64. The van der Waals surface area contributed by atoms with Crippen molar-refractivity contribution in [2.45, 2.75) is 19.9 Å². The molecule has 3 aromatic rings. The summed E-state index contributed by atoms with van der Waals surface area (Å²) in [5, 5.41) is 15.7. The minimum absolute atomic E-state index is 0.0942. The molecule has 9 nitrogen and oxygen atoms in total. The van der Waals surface area contributed by atoms with E-state index < -0.39 is 18.1 Å². The highest BCUT2D eigenvalue weighted by Gasteiger charge is 2.28. The number of amides is 2. The second-order valence-electron chi connectivity index (χ2n) is 6.62. The summed E-state index contributed by atoms with van der Waals surface area (Å²) in [6, 6.07) is 3.66. The SMILES string of the molecule is Cc1nnc(N(Cc2ccc(-c3nnc(C(F)F)o3)cc2F)C(=O)N2CCOCC2)s1. The van der Waals surface area contributed by atoms with Gasteiger partial charge < -0.3 is 14.1 Å². The van der Waals surface area contributed by atoms with E-state index in [1.165, 1.54) is 28.4 Å². The van der Waals surface area contributed by atoms with Gasteiger partial charge in [-0.25, -0.2) is 9.18 Å². The van der Waals surface area contributed by atoms with E-state index in [0.717, 1.165) is 6.07 Å². The summed E-state index contributed by atoms with van der Waals surface area (Å²) in [4.78, 5) is 16.1. The number of benzene rings is 1. The van der Waals surface area contributed by atoms with Crippen LogP contribution in [0.25, 0.3) is 11.5 Å². The first-order valence-corrected chi connectivity index (χ1v) is 10.1. The summed E-state index contributed by atoms with van der Waals surface area (Å²) in [6.45, 7) is 3.33. The lowest BCUT2D eigenvalue weighted by molar-refractivity contribution is 0.0547. The summed E-state index contributed by atoms with van der Waals surface area (Å²) in [7, 11) is 0. The normalized spacial score (nSPS) is 14.3. The van der Waals surface area contributed by atoms with Crippen molar-refractivity contribution in [2.75, 3.05) is 31.2 Å². The van der Waals surface area contributed by atoms with Crippen LogP contribution in [0.3, 0.4) is 0 Å². The third-order valence-corrected chi connectivity index (χ3v) is 5.38. The number of carbonyl (C=O) groups excluding carboxylic acids is 1. The first kappa shape index (κ1) is 21.2. The predicted molar refractivity (Wildman–Crippen MR) is 103 cm³/mol. The highest BCUT2D eigenvalue weighted by atomic mass is 32.1. The van der Waals surface area contributed by atoms with Crippen LogP contribution in [0.1, 0.15) is 22.9 Å². The van der Waals surface area contributed by atoms with Crippen molar-refractivity contribution in [3.8, 4) is 11.5 Å². The van der Waals surface area contributed by atoms with Crippen LogP contribution in [0, 0.1) is 12.7 Å². The number of hydrogen-bond donors (Lipinski definition) is 0. The molecule has 31 heavy (non-hydrogen) atoms. The van der Waals surface area contributed by atoms with Crippen molar-refractivity contribution < 1.29 is 27.1 Å². The summed E-state index contributed by atoms with van der Waals surface area (Å²) in [5.74, 6) is -1.72. The molecule has 0 spiro atoms. The van der Waals surface area contributed by atoms with Gasteiger partial charge in [0.1, 0.15) is 10.8 Å². The smallest absolute Gasteiger partial charge is 0.326 e. The number of hydrogen-bond acceptors (Lipinski definition) is 8. The number of rotatable bonds is 5. The van der Waals surface area contributed by atoms with Crippen molar-refractivity contribution in [3.05, 3.63) is 40.5 Å². The number of halogens is 3. The van der Waals surface area contributed by atoms with Crippen LogP contribution in [0.4, 0.5) is 23.1 Å². The Morgan fingerprint density at radius 2 is 2.00 bits per heavy atom. The number of alkyl halides is 2. The van der Waals surface area contributed by atoms with Crippen LogP contribution in [0.2, 0.25) is 0 Å². The fourth-order valence-electron chi connectivity index (χ4n) is 2.96. The van der Waals surface area contributed by atoms with Gasteiger partial charge in [-0.05, 0) is 19.1 Å². The van der Waals surface area contributed by atoms with Crippen LogP contribution < -0.4 is 4.90 Å². The first-order valence-electron chi connectivity index (χ1n) is 9.27. The summed E-state index contributed by atoms with van der Waals surface area (Å²) in [5.41, 5.74) is 0.352. The third kappa shape index (κ3) is 4.66. The topological polar surface area (TPSA) is 97.5 Å². The zero-order chi connectivity index (χ0) is 22.0. The molecule has 164 valence electrons. The lowest BCUT2D eigenvalue weighted by atomic mass is 10.1. The van der Waals surface area contributed by atoms with Gasteiger partial charge in [0.2, 0.25) is 11.0 Å². The average Bonchev–Trinajstić information content (AvgIpc) is 3.43. The lowest BCUT2D eigenvalue weighted by Gasteiger charge is -2.31. The number of aryl methyl sites for hydroxylation is 1. The Kier molecular flexibility index (Phi) is 6.13. The number of ether oxygens (including phenoxy) is 1. The Morgan fingerprint density at radius 3 is 2.61 bits per heavy atom. The summed E-state index contributed by atoms with van der Waals surface area (Å²) in [6.07, 6.45) is -2.92. The molecular formula is C18H17F3N6O3S. The van der Waals surface area contributed by atoms with Crippen molar-refractivity contribution >= 4 is 22.5 Å². The monoisotopic (exact) mass is 454 g/mol. The average molecular weight is 454 g/mol. The zero-order valence-electron chi connectivity index (χ0n) is 16.3. The van der Waals surface area contributed by atoms with Crippen LogP contribution in [-0.2, 0) is 11.3 Å². The molecule has 2 aromatic heterocycles. The molecule has 0 unspecified atom stereocenters. The summed E-state index contributed by atoms with van der Waals surface area (Å²) >= 11 is 1.22. The van der Waals surface area contributed by atoms with Gasteiger partial charge >= 0.3 is 12.5 Å². The highest BCUT2D eigenvalue weighted by Crippen LogP contribution is 2.27. The standard InChI is InChI=1S/C18H17F3N6O3S/c1-10-22-25-17(31-10)27(18(28)26-4-6-29-7-5-26)9-12-3-2-11(8-13(12)19)15-23-24-16(30-15)14(20)21/h2-3,8,14H,4-7,9H2,1H3. The van der Waals surface area contributed by atoms with E-state index in [2.05, 4.69) is 20.4 Å². The Morgan fingerprint density at radius 1 is 1.23 bits per heavy atom. The minimum Gasteiger partial charge on any atom is -0.415 e. The second kappa shape index (κ2) is 8.98. The molecule has 0 radical (unpaired) electrons. The first-order chi connectivity index (χ1) is 14.9. The molecule has 13 heteroatoms. The van der Waals surface area contributed by atoms with Gasteiger partial charge in [-0.2, -0.15) is 8.78 Å². The van der Waals surface area contributed by atoms with Gasteiger partial charge in [-0.15, -0.1) is 20.4 Å². The van der Waals surface area contributed by atoms with E-state index in [1.54, 1.807) is 11.8 Å². The molecule has 0 aliphatic carbocycles. The maximum absolute atomic E-state index is 14.8. The van der Waals surface area contributed by atoms with E-state index in [0.29, 0.717) is 36.4 Å². The molecule has 1 saturated heterocycles.